The molecule has 2 aromatic heterocycles. The van der Waals surface area contributed by atoms with Gasteiger partial charge in [0.25, 0.3) is 5.56 Å². The van der Waals surface area contributed by atoms with E-state index in [-0.39, 0.29) is 36.7 Å². The average Bonchev–Trinajstić information content (AvgIpc) is 3.40. The Hall–Kier alpha value is -2.88. The molecule has 35 heavy (non-hydrogen) atoms. The molecule has 194 valence electrons. The van der Waals surface area contributed by atoms with Crippen molar-refractivity contribution in [1.29, 1.82) is 0 Å². The highest BCUT2D eigenvalue weighted by atomic mass is 32.1. The Bertz CT molecular complexity index is 1070. The predicted octanol–water partition coefficient (Wildman–Crippen LogP) is 3.18. The van der Waals surface area contributed by atoms with E-state index in [2.05, 4.69) is 20.7 Å². The van der Waals surface area contributed by atoms with E-state index in [1.165, 1.54) is 0 Å². The molecule has 0 aliphatic carbocycles. The van der Waals surface area contributed by atoms with E-state index in [0.29, 0.717) is 30.8 Å². The second-order valence-electron chi connectivity index (χ2n) is 7.85. The minimum absolute atomic E-state index is 0.0145. The SMILES string of the molecule is CC(COCCC(=O)N1CCC(Nc2ncc(C(F)(F)F)s2)C1)Nc1cn[nH]c(=O)c1C(F)(F)F. The van der Waals surface area contributed by atoms with Gasteiger partial charge in [-0.1, -0.05) is 11.3 Å². The van der Waals surface area contributed by atoms with Crippen LogP contribution in [-0.2, 0) is 21.9 Å². The molecule has 2 atom stereocenters. The number of nitrogens with zero attached hydrogens (tertiary/aromatic N) is 3. The summed E-state index contributed by atoms with van der Waals surface area (Å²) < 4.78 is 82.7. The fourth-order valence-electron chi connectivity index (χ4n) is 3.43. The third-order valence-electron chi connectivity index (χ3n) is 5.02. The molecule has 3 rings (SSSR count). The van der Waals surface area contributed by atoms with Crippen LogP contribution in [0.4, 0.5) is 37.2 Å². The quantitative estimate of drug-likeness (QED) is 0.339. The van der Waals surface area contributed by atoms with Crippen LogP contribution in [0.2, 0.25) is 0 Å². The molecule has 3 heterocycles. The Labute approximate surface area is 198 Å². The maximum Gasteiger partial charge on any atom is 0.427 e. The Morgan fingerprint density at radius 3 is 2.69 bits per heavy atom. The third-order valence-corrected chi connectivity index (χ3v) is 6.00. The van der Waals surface area contributed by atoms with Gasteiger partial charge in [0.1, 0.15) is 10.4 Å². The summed E-state index contributed by atoms with van der Waals surface area (Å²) in [6.45, 7) is 2.24. The van der Waals surface area contributed by atoms with Gasteiger partial charge in [-0.3, -0.25) is 9.59 Å². The maximum absolute atomic E-state index is 13.1. The number of rotatable bonds is 9. The second kappa shape index (κ2) is 10.8. The van der Waals surface area contributed by atoms with Gasteiger partial charge in [0.2, 0.25) is 5.91 Å². The average molecular weight is 528 g/mol. The fraction of sp³-hybridized carbons (Fsp3) is 0.579. The normalized spacial score (nSPS) is 17.5. The molecule has 1 aliphatic heterocycles. The van der Waals surface area contributed by atoms with Crippen molar-refractivity contribution < 1.29 is 35.9 Å². The first-order chi connectivity index (χ1) is 16.3. The van der Waals surface area contributed by atoms with E-state index in [9.17, 15) is 35.9 Å². The zero-order valence-corrected chi connectivity index (χ0v) is 19.1. The van der Waals surface area contributed by atoms with E-state index in [1.807, 2.05) is 0 Å². The zero-order chi connectivity index (χ0) is 25.8. The Balaban J connectivity index is 1.39. The van der Waals surface area contributed by atoms with Crippen molar-refractivity contribution in [2.24, 2.45) is 0 Å². The number of likely N-dealkylation sites (tertiary alicyclic amines) is 1. The minimum atomic E-state index is -4.87. The number of nitrogens with one attached hydrogen (secondary N) is 3. The first-order valence-electron chi connectivity index (χ1n) is 10.4. The highest BCUT2D eigenvalue weighted by Gasteiger charge is 2.37. The number of carbonyl (C=O) groups excluding carboxylic acids is 1. The maximum atomic E-state index is 13.1. The third kappa shape index (κ3) is 7.30. The van der Waals surface area contributed by atoms with Crippen LogP contribution in [-0.4, -0.2) is 64.4 Å². The molecule has 0 bridgehead atoms. The monoisotopic (exact) mass is 528 g/mol. The lowest BCUT2D eigenvalue weighted by Gasteiger charge is -2.19. The summed E-state index contributed by atoms with van der Waals surface area (Å²) in [5, 5.41) is 10.7. The van der Waals surface area contributed by atoms with Crippen LogP contribution in [0.1, 0.15) is 30.2 Å². The molecule has 1 aliphatic rings. The van der Waals surface area contributed by atoms with Crippen molar-refractivity contribution in [3.8, 4) is 0 Å². The molecule has 9 nitrogen and oxygen atoms in total. The number of alkyl halides is 6. The minimum Gasteiger partial charge on any atom is -0.379 e. The molecule has 1 saturated heterocycles. The van der Waals surface area contributed by atoms with Gasteiger partial charge < -0.3 is 20.3 Å². The number of ether oxygens (including phenoxy) is 1. The smallest absolute Gasteiger partial charge is 0.379 e. The van der Waals surface area contributed by atoms with Crippen molar-refractivity contribution >= 4 is 28.1 Å². The molecule has 2 unspecified atom stereocenters. The Morgan fingerprint density at radius 2 is 2.03 bits per heavy atom. The van der Waals surface area contributed by atoms with Gasteiger partial charge in [-0.15, -0.1) is 0 Å². The van der Waals surface area contributed by atoms with E-state index < -0.39 is 40.1 Å². The van der Waals surface area contributed by atoms with Gasteiger partial charge in [0.05, 0.1) is 37.7 Å². The molecule has 2 aromatic rings. The van der Waals surface area contributed by atoms with E-state index >= 15 is 0 Å². The van der Waals surface area contributed by atoms with Crippen molar-refractivity contribution in [2.45, 2.75) is 44.2 Å². The van der Waals surface area contributed by atoms with Crippen molar-refractivity contribution in [1.82, 2.24) is 20.1 Å². The van der Waals surface area contributed by atoms with Gasteiger partial charge in [0, 0.05) is 25.2 Å². The first kappa shape index (κ1) is 26.7. The number of aromatic amines is 1. The van der Waals surface area contributed by atoms with Crippen LogP contribution in [0.3, 0.4) is 0 Å². The molecule has 16 heteroatoms. The summed E-state index contributed by atoms with van der Waals surface area (Å²) in [6.07, 6.45) is -7.14. The lowest BCUT2D eigenvalue weighted by molar-refractivity contribution is -0.138. The molecule has 0 radical (unpaired) electrons. The predicted molar refractivity (Wildman–Crippen MR) is 114 cm³/mol. The number of aromatic nitrogens is 3. The highest BCUT2D eigenvalue weighted by Crippen LogP contribution is 2.35. The molecular formula is C19H22F6N6O3S. The Morgan fingerprint density at radius 1 is 1.29 bits per heavy atom. The van der Waals surface area contributed by atoms with Crippen LogP contribution in [0.25, 0.3) is 0 Å². The number of hydrogen-bond donors (Lipinski definition) is 3. The summed E-state index contributed by atoms with van der Waals surface area (Å²) in [5.74, 6) is -0.219. The van der Waals surface area contributed by atoms with E-state index in [4.69, 9.17) is 4.74 Å². The molecule has 0 saturated carbocycles. The van der Waals surface area contributed by atoms with Gasteiger partial charge in [0.15, 0.2) is 5.13 Å². The van der Waals surface area contributed by atoms with Gasteiger partial charge in [-0.2, -0.15) is 31.4 Å². The Kier molecular flexibility index (Phi) is 8.25. The lowest BCUT2D eigenvalue weighted by Crippen LogP contribution is -2.32. The number of H-pyrrole nitrogens is 1. The second-order valence-corrected chi connectivity index (χ2v) is 8.88. The van der Waals surface area contributed by atoms with Gasteiger partial charge >= 0.3 is 12.4 Å². The van der Waals surface area contributed by atoms with Crippen LogP contribution >= 0.6 is 11.3 Å². The number of thiazole rings is 1. The molecular weight excluding hydrogens is 506 g/mol. The number of amides is 1. The van der Waals surface area contributed by atoms with Gasteiger partial charge in [-0.25, -0.2) is 10.1 Å². The highest BCUT2D eigenvalue weighted by molar-refractivity contribution is 7.15. The summed E-state index contributed by atoms with van der Waals surface area (Å²) in [4.78, 5) is 28.3. The number of halogens is 6. The summed E-state index contributed by atoms with van der Waals surface area (Å²) in [7, 11) is 0. The van der Waals surface area contributed by atoms with Crippen LogP contribution < -0.4 is 16.2 Å². The largest absolute Gasteiger partial charge is 0.427 e. The molecule has 0 spiro atoms. The van der Waals surface area contributed by atoms with Crippen LogP contribution in [0, 0.1) is 0 Å². The first-order valence-corrected chi connectivity index (χ1v) is 11.2. The zero-order valence-electron chi connectivity index (χ0n) is 18.3. The number of hydrogen-bond acceptors (Lipinski definition) is 8. The van der Waals surface area contributed by atoms with Crippen molar-refractivity contribution in [2.75, 3.05) is 36.9 Å². The molecule has 0 aromatic carbocycles. The standard InChI is InChI=1S/C19H22F6N6O3S/c1-10(28-12-6-27-30-16(33)15(12)19(23,24)25)9-34-5-3-14(32)31-4-2-11(8-31)29-17-26-7-13(35-17)18(20,21)22/h6-7,10-11H,2-5,8-9H2,1H3,(H,26,29)(H2,28,30,33). The van der Waals surface area contributed by atoms with Crippen molar-refractivity contribution in [3.05, 3.63) is 33.2 Å². The summed E-state index contributed by atoms with van der Waals surface area (Å²) in [5.41, 5.74) is -3.24. The molecule has 1 amide bonds. The summed E-state index contributed by atoms with van der Waals surface area (Å²) in [6, 6.07) is -0.850. The van der Waals surface area contributed by atoms with Crippen LogP contribution in [0.5, 0.6) is 0 Å². The summed E-state index contributed by atoms with van der Waals surface area (Å²) >= 11 is 0.497. The number of anilines is 2. The molecule has 3 N–H and O–H groups in total. The van der Waals surface area contributed by atoms with Gasteiger partial charge in [-0.05, 0) is 13.3 Å². The fourth-order valence-corrected chi connectivity index (χ4v) is 4.19. The lowest BCUT2D eigenvalue weighted by atomic mass is 10.2. The van der Waals surface area contributed by atoms with Crippen molar-refractivity contribution in [3.63, 3.8) is 0 Å². The van der Waals surface area contributed by atoms with Crippen LogP contribution in [0.15, 0.2) is 17.2 Å². The van der Waals surface area contributed by atoms with E-state index in [1.54, 1.807) is 16.9 Å². The topological polar surface area (TPSA) is 112 Å². The molecule has 1 fully saturated rings. The van der Waals surface area contributed by atoms with E-state index in [0.717, 1.165) is 12.4 Å². The number of carbonyl (C=O) groups is 1.